The van der Waals surface area contributed by atoms with Crippen LogP contribution in [0.2, 0.25) is 0 Å². The van der Waals surface area contributed by atoms with Crippen LogP contribution in [0.25, 0.3) is 11.0 Å². The molecule has 0 fully saturated rings. The van der Waals surface area contributed by atoms with Gasteiger partial charge in [0.2, 0.25) is 0 Å². The first-order valence-electron chi connectivity index (χ1n) is 10.8. The number of rotatable bonds is 4. The standard InChI is InChI=1S/C27H22N2O4/c1-17-5-4-7-21(13-17)26(31)29-12-11-19-14-18(9-10-23(19)29)16-28-25(30)22-15-20-6-2-3-8-24(20)33-27(22)32/h2-10,13-15H,11-12,16H2,1H3,(H,28,30). The van der Waals surface area contributed by atoms with Crippen LogP contribution in [-0.4, -0.2) is 18.4 Å². The predicted molar refractivity (Wildman–Crippen MR) is 127 cm³/mol. The van der Waals surface area contributed by atoms with Crippen molar-refractivity contribution in [2.75, 3.05) is 11.4 Å². The SMILES string of the molecule is Cc1cccc(C(=O)N2CCc3cc(CNC(=O)c4cc5ccccc5oc4=O)ccc32)c1. The molecule has 0 spiro atoms. The molecule has 33 heavy (non-hydrogen) atoms. The van der Waals surface area contributed by atoms with Gasteiger partial charge in [-0.25, -0.2) is 4.79 Å². The summed E-state index contributed by atoms with van der Waals surface area (Å²) in [5, 5.41) is 3.49. The van der Waals surface area contributed by atoms with Crippen molar-refractivity contribution in [3.8, 4) is 0 Å². The van der Waals surface area contributed by atoms with Gasteiger partial charge in [0.05, 0.1) is 0 Å². The van der Waals surface area contributed by atoms with Crippen molar-refractivity contribution in [3.05, 3.63) is 111 Å². The van der Waals surface area contributed by atoms with Crippen LogP contribution in [0, 0.1) is 6.92 Å². The van der Waals surface area contributed by atoms with Gasteiger partial charge in [0.25, 0.3) is 11.8 Å². The number of aryl methyl sites for hydroxylation is 1. The van der Waals surface area contributed by atoms with E-state index in [0.717, 1.165) is 28.8 Å². The van der Waals surface area contributed by atoms with Crippen molar-refractivity contribution in [1.29, 1.82) is 0 Å². The van der Waals surface area contributed by atoms with Crippen LogP contribution in [0.1, 0.15) is 37.4 Å². The second-order valence-electron chi connectivity index (χ2n) is 8.21. The first-order valence-corrected chi connectivity index (χ1v) is 10.8. The van der Waals surface area contributed by atoms with E-state index in [9.17, 15) is 14.4 Å². The molecule has 1 N–H and O–H groups in total. The maximum Gasteiger partial charge on any atom is 0.349 e. The number of fused-ring (bicyclic) bond motifs is 2. The van der Waals surface area contributed by atoms with Gasteiger partial charge in [0, 0.05) is 29.7 Å². The third kappa shape index (κ3) is 4.03. The van der Waals surface area contributed by atoms with Crippen molar-refractivity contribution in [2.45, 2.75) is 19.9 Å². The number of anilines is 1. The van der Waals surface area contributed by atoms with Crippen LogP contribution in [0.15, 0.2) is 82.0 Å². The number of benzene rings is 3. The lowest BCUT2D eigenvalue weighted by molar-refractivity contribution is 0.0946. The fourth-order valence-corrected chi connectivity index (χ4v) is 4.21. The summed E-state index contributed by atoms with van der Waals surface area (Å²) in [6.07, 6.45) is 0.753. The van der Waals surface area contributed by atoms with Crippen molar-refractivity contribution < 1.29 is 14.0 Å². The highest BCUT2D eigenvalue weighted by molar-refractivity contribution is 6.07. The predicted octanol–water partition coefficient (Wildman–Crippen LogP) is 4.23. The molecular weight excluding hydrogens is 416 g/mol. The molecule has 2 heterocycles. The molecular formula is C27H22N2O4. The maximum absolute atomic E-state index is 13.0. The quantitative estimate of drug-likeness (QED) is 0.484. The first-order chi connectivity index (χ1) is 16.0. The molecule has 3 aromatic carbocycles. The molecule has 0 saturated heterocycles. The van der Waals surface area contributed by atoms with E-state index in [2.05, 4.69) is 5.32 Å². The zero-order valence-electron chi connectivity index (χ0n) is 18.1. The number of amides is 2. The number of hydrogen-bond acceptors (Lipinski definition) is 4. The minimum absolute atomic E-state index is 0.0125. The fourth-order valence-electron chi connectivity index (χ4n) is 4.21. The summed E-state index contributed by atoms with van der Waals surface area (Å²) in [7, 11) is 0. The number of carbonyl (C=O) groups is 2. The van der Waals surface area contributed by atoms with E-state index in [1.54, 1.807) is 29.2 Å². The summed E-state index contributed by atoms with van der Waals surface area (Å²) in [5.41, 5.74) is 4.34. The van der Waals surface area contributed by atoms with E-state index >= 15 is 0 Å². The topological polar surface area (TPSA) is 79.6 Å². The molecule has 5 rings (SSSR count). The average molecular weight is 438 g/mol. The fraction of sp³-hybridized carbons (Fsp3) is 0.148. The summed E-state index contributed by atoms with van der Waals surface area (Å²) < 4.78 is 5.25. The Labute approximate surface area is 190 Å². The summed E-state index contributed by atoms with van der Waals surface area (Å²) in [6, 6.07) is 22.0. The van der Waals surface area contributed by atoms with Crippen molar-refractivity contribution >= 4 is 28.5 Å². The third-order valence-electron chi connectivity index (χ3n) is 5.89. The van der Waals surface area contributed by atoms with Crippen LogP contribution in [0.4, 0.5) is 5.69 Å². The van der Waals surface area contributed by atoms with Crippen LogP contribution in [-0.2, 0) is 13.0 Å². The van der Waals surface area contributed by atoms with Crippen LogP contribution < -0.4 is 15.8 Å². The number of hydrogen-bond donors (Lipinski definition) is 1. The Morgan fingerprint density at radius 1 is 1.00 bits per heavy atom. The number of para-hydroxylation sites is 1. The van der Waals surface area contributed by atoms with Gasteiger partial charge in [-0.3, -0.25) is 9.59 Å². The van der Waals surface area contributed by atoms with Crippen molar-refractivity contribution in [2.24, 2.45) is 0 Å². The molecule has 0 bridgehead atoms. The second kappa shape index (κ2) is 8.39. The number of nitrogens with zero attached hydrogens (tertiary/aromatic N) is 1. The minimum Gasteiger partial charge on any atom is -0.422 e. The summed E-state index contributed by atoms with van der Waals surface area (Å²) in [6.45, 7) is 2.86. The van der Waals surface area contributed by atoms with E-state index in [1.807, 2.05) is 55.5 Å². The zero-order chi connectivity index (χ0) is 22.9. The van der Waals surface area contributed by atoms with Gasteiger partial charge in [0.15, 0.2) is 0 Å². The highest BCUT2D eigenvalue weighted by Crippen LogP contribution is 2.30. The average Bonchev–Trinajstić information content (AvgIpc) is 3.25. The van der Waals surface area contributed by atoms with Gasteiger partial charge in [-0.15, -0.1) is 0 Å². The van der Waals surface area contributed by atoms with Crippen LogP contribution >= 0.6 is 0 Å². The van der Waals surface area contributed by atoms with Crippen molar-refractivity contribution in [1.82, 2.24) is 5.32 Å². The zero-order valence-corrected chi connectivity index (χ0v) is 18.1. The summed E-state index contributed by atoms with van der Waals surface area (Å²) in [5.74, 6) is -0.493. The van der Waals surface area contributed by atoms with Gasteiger partial charge < -0.3 is 14.6 Å². The second-order valence-corrected chi connectivity index (χ2v) is 8.21. The van der Waals surface area contributed by atoms with Gasteiger partial charge >= 0.3 is 5.63 Å². The Balaban J connectivity index is 1.30. The Kier molecular flexibility index (Phi) is 5.26. The molecule has 2 amide bonds. The van der Waals surface area contributed by atoms with E-state index in [4.69, 9.17) is 4.42 Å². The molecule has 0 atom stereocenters. The highest BCUT2D eigenvalue weighted by atomic mass is 16.4. The van der Waals surface area contributed by atoms with E-state index < -0.39 is 11.5 Å². The molecule has 0 radical (unpaired) electrons. The van der Waals surface area contributed by atoms with Crippen molar-refractivity contribution in [3.63, 3.8) is 0 Å². The minimum atomic E-state index is -0.662. The molecule has 1 aromatic heterocycles. The molecule has 164 valence electrons. The number of carbonyl (C=O) groups excluding carboxylic acids is 2. The lowest BCUT2D eigenvalue weighted by Crippen LogP contribution is -2.29. The van der Waals surface area contributed by atoms with Gasteiger partial charge in [-0.1, -0.05) is 48.0 Å². The lowest BCUT2D eigenvalue weighted by atomic mass is 10.1. The smallest absolute Gasteiger partial charge is 0.349 e. The summed E-state index contributed by atoms with van der Waals surface area (Å²) in [4.78, 5) is 39.6. The monoisotopic (exact) mass is 438 g/mol. The Bertz CT molecular complexity index is 1450. The molecule has 6 nitrogen and oxygen atoms in total. The summed E-state index contributed by atoms with van der Waals surface area (Å²) >= 11 is 0. The van der Waals surface area contributed by atoms with E-state index in [0.29, 0.717) is 23.1 Å². The van der Waals surface area contributed by atoms with Crippen LogP contribution in [0.3, 0.4) is 0 Å². The Hall–Kier alpha value is -4.19. The van der Waals surface area contributed by atoms with Gasteiger partial charge in [-0.05, 0) is 54.8 Å². The first kappa shape index (κ1) is 20.7. The molecule has 0 aliphatic carbocycles. The Morgan fingerprint density at radius 3 is 2.70 bits per heavy atom. The molecule has 1 aliphatic heterocycles. The van der Waals surface area contributed by atoms with E-state index in [1.165, 1.54) is 0 Å². The normalized spacial score (nSPS) is 12.6. The largest absolute Gasteiger partial charge is 0.422 e. The number of nitrogens with one attached hydrogen (secondary N) is 1. The molecule has 0 unspecified atom stereocenters. The van der Waals surface area contributed by atoms with E-state index in [-0.39, 0.29) is 18.0 Å². The highest BCUT2D eigenvalue weighted by Gasteiger charge is 2.26. The molecule has 4 aromatic rings. The lowest BCUT2D eigenvalue weighted by Gasteiger charge is -2.18. The molecule has 0 saturated carbocycles. The maximum atomic E-state index is 13.0. The van der Waals surface area contributed by atoms with Gasteiger partial charge in [0.1, 0.15) is 11.1 Å². The van der Waals surface area contributed by atoms with Gasteiger partial charge in [-0.2, -0.15) is 0 Å². The molecule has 1 aliphatic rings. The Morgan fingerprint density at radius 2 is 1.85 bits per heavy atom. The third-order valence-corrected chi connectivity index (χ3v) is 5.89. The molecule has 6 heteroatoms. The van der Waals surface area contributed by atoms with Crippen LogP contribution in [0.5, 0.6) is 0 Å².